The molecule has 12 heavy (non-hydrogen) atoms. The maximum absolute atomic E-state index is 11.1. The standard InChI is InChI=1S/C6H6Br2N2O2/c1-2-12-6(11)4-3(7)5(8)10-9-4/h2H2,1H3,(H,9,10). The van der Waals surface area contributed by atoms with Crippen LogP contribution in [0.5, 0.6) is 0 Å². The Balaban J connectivity index is 2.88. The number of ether oxygens (including phenoxy) is 1. The first-order chi connectivity index (χ1) is 5.66. The summed E-state index contributed by atoms with van der Waals surface area (Å²) in [6, 6.07) is 0. The fourth-order valence-electron chi connectivity index (χ4n) is 0.642. The Morgan fingerprint density at radius 2 is 2.33 bits per heavy atom. The number of halogens is 2. The number of carbonyl (C=O) groups is 1. The Hall–Kier alpha value is -0.360. The predicted octanol–water partition coefficient (Wildman–Crippen LogP) is 2.11. The summed E-state index contributed by atoms with van der Waals surface area (Å²) in [6.07, 6.45) is 0. The second-order valence-corrected chi connectivity index (χ2v) is 3.51. The fourth-order valence-corrected chi connectivity index (χ4v) is 1.26. The van der Waals surface area contributed by atoms with Gasteiger partial charge in [0.25, 0.3) is 0 Å². The summed E-state index contributed by atoms with van der Waals surface area (Å²) in [5.74, 6) is -0.439. The molecule has 6 heteroatoms. The van der Waals surface area contributed by atoms with E-state index in [-0.39, 0.29) is 5.69 Å². The van der Waals surface area contributed by atoms with Crippen molar-refractivity contribution in [2.45, 2.75) is 6.92 Å². The quantitative estimate of drug-likeness (QED) is 0.851. The summed E-state index contributed by atoms with van der Waals surface area (Å²) in [7, 11) is 0. The number of carbonyl (C=O) groups excluding carboxylic acids is 1. The highest BCUT2D eigenvalue weighted by Crippen LogP contribution is 2.24. The van der Waals surface area contributed by atoms with E-state index in [0.717, 1.165) is 0 Å². The topological polar surface area (TPSA) is 55.0 Å². The summed E-state index contributed by atoms with van der Waals surface area (Å²) in [6.45, 7) is 2.09. The van der Waals surface area contributed by atoms with Gasteiger partial charge < -0.3 is 4.74 Å². The van der Waals surface area contributed by atoms with Gasteiger partial charge in [0.15, 0.2) is 5.69 Å². The lowest BCUT2D eigenvalue weighted by atomic mass is 10.4. The van der Waals surface area contributed by atoms with Crippen LogP contribution in [0.1, 0.15) is 17.4 Å². The SMILES string of the molecule is CCOC(=O)c1n[nH]c(Br)c1Br. The van der Waals surface area contributed by atoms with E-state index in [1.54, 1.807) is 6.92 Å². The van der Waals surface area contributed by atoms with Gasteiger partial charge in [-0.05, 0) is 38.8 Å². The minimum Gasteiger partial charge on any atom is -0.461 e. The van der Waals surface area contributed by atoms with Crippen LogP contribution in [-0.4, -0.2) is 22.8 Å². The van der Waals surface area contributed by atoms with E-state index in [1.807, 2.05) is 0 Å². The number of nitrogens with one attached hydrogen (secondary N) is 1. The molecule has 0 unspecified atom stereocenters. The molecule has 0 aliphatic heterocycles. The van der Waals surface area contributed by atoms with Gasteiger partial charge in [0, 0.05) is 0 Å². The van der Waals surface area contributed by atoms with Gasteiger partial charge >= 0.3 is 5.97 Å². The minimum atomic E-state index is -0.439. The number of esters is 1. The first kappa shape index (κ1) is 9.73. The van der Waals surface area contributed by atoms with Gasteiger partial charge in [0.2, 0.25) is 0 Å². The van der Waals surface area contributed by atoms with E-state index < -0.39 is 5.97 Å². The van der Waals surface area contributed by atoms with Crippen LogP contribution in [0.2, 0.25) is 0 Å². The lowest BCUT2D eigenvalue weighted by Gasteiger charge is -1.96. The highest BCUT2D eigenvalue weighted by molar-refractivity contribution is 9.13. The maximum atomic E-state index is 11.1. The first-order valence-corrected chi connectivity index (χ1v) is 4.82. The highest BCUT2D eigenvalue weighted by Gasteiger charge is 2.16. The zero-order valence-corrected chi connectivity index (χ0v) is 9.40. The molecule has 1 heterocycles. The van der Waals surface area contributed by atoms with Crippen molar-refractivity contribution in [2.24, 2.45) is 0 Å². The average Bonchev–Trinajstić information content (AvgIpc) is 2.34. The van der Waals surface area contributed by atoms with Crippen LogP contribution >= 0.6 is 31.9 Å². The van der Waals surface area contributed by atoms with Crippen molar-refractivity contribution < 1.29 is 9.53 Å². The van der Waals surface area contributed by atoms with E-state index >= 15 is 0 Å². The number of aromatic amines is 1. The molecule has 1 aromatic rings. The molecule has 4 nitrogen and oxygen atoms in total. The van der Waals surface area contributed by atoms with E-state index in [0.29, 0.717) is 15.7 Å². The summed E-state index contributed by atoms with van der Waals surface area (Å²) in [5.41, 5.74) is 0.253. The second kappa shape index (κ2) is 4.04. The largest absolute Gasteiger partial charge is 0.461 e. The van der Waals surface area contributed by atoms with Crippen molar-refractivity contribution in [1.82, 2.24) is 10.2 Å². The summed E-state index contributed by atoms with van der Waals surface area (Å²) >= 11 is 6.34. The molecule has 0 fully saturated rings. The van der Waals surface area contributed by atoms with E-state index in [4.69, 9.17) is 4.74 Å². The van der Waals surface area contributed by atoms with Crippen LogP contribution in [0.3, 0.4) is 0 Å². The van der Waals surface area contributed by atoms with Gasteiger partial charge in [-0.25, -0.2) is 4.79 Å². The van der Waals surface area contributed by atoms with Gasteiger partial charge in [-0.15, -0.1) is 0 Å². The van der Waals surface area contributed by atoms with Crippen molar-refractivity contribution >= 4 is 37.8 Å². The molecule has 0 amide bonds. The molecule has 0 atom stereocenters. The molecule has 0 aliphatic rings. The zero-order chi connectivity index (χ0) is 9.14. The Kier molecular flexibility index (Phi) is 3.28. The predicted molar refractivity (Wildman–Crippen MR) is 49.9 cm³/mol. The van der Waals surface area contributed by atoms with Crippen molar-refractivity contribution in [1.29, 1.82) is 0 Å². The smallest absolute Gasteiger partial charge is 0.360 e. The molecule has 0 bridgehead atoms. The van der Waals surface area contributed by atoms with Crippen LogP contribution in [-0.2, 0) is 4.74 Å². The molecule has 0 aliphatic carbocycles. The van der Waals surface area contributed by atoms with Gasteiger partial charge in [0.05, 0.1) is 11.1 Å². The van der Waals surface area contributed by atoms with Crippen LogP contribution in [0, 0.1) is 0 Å². The molecule has 1 N–H and O–H groups in total. The zero-order valence-electron chi connectivity index (χ0n) is 6.23. The number of nitrogens with zero attached hydrogens (tertiary/aromatic N) is 1. The molecular formula is C6H6Br2N2O2. The monoisotopic (exact) mass is 296 g/mol. The number of rotatable bonds is 2. The molecule has 0 saturated carbocycles. The number of hydrogen-bond acceptors (Lipinski definition) is 3. The molecule has 0 spiro atoms. The van der Waals surface area contributed by atoms with E-state index in [9.17, 15) is 4.79 Å². The Morgan fingerprint density at radius 3 is 2.75 bits per heavy atom. The molecule has 0 aromatic carbocycles. The van der Waals surface area contributed by atoms with Gasteiger partial charge in [-0.3, -0.25) is 5.10 Å². The third kappa shape index (κ3) is 1.87. The second-order valence-electron chi connectivity index (χ2n) is 1.92. The van der Waals surface area contributed by atoms with Gasteiger partial charge in [-0.1, -0.05) is 0 Å². The van der Waals surface area contributed by atoms with Crippen molar-refractivity contribution in [3.63, 3.8) is 0 Å². The van der Waals surface area contributed by atoms with Crippen molar-refractivity contribution in [2.75, 3.05) is 6.61 Å². The summed E-state index contributed by atoms with van der Waals surface area (Å²) in [5, 5.41) is 6.34. The maximum Gasteiger partial charge on any atom is 0.360 e. The first-order valence-electron chi connectivity index (χ1n) is 3.23. The van der Waals surface area contributed by atoms with Gasteiger partial charge in [0.1, 0.15) is 4.60 Å². The Labute approximate surface area is 85.9 Å². The molecular weight excluding hydrogens is 292 g/mol. The minimum absolute atomic E-state index is 0.253. The number of hydrogen-bond donors (Lipinski definition) is 1. The molecule has 1 rings (SSSR count). The van der Waals surface area contributed by atoms with E-state index in [1.165, 1.54) is 0 Å². The third-order valence-electron chi connectivity index (χ3n) is 1.14. The van der Waals surface area contributed by atoms with Crippen LogP contribution in [0.4, 0.5) is 0 Å². The molecule has 66 valence electrons. The fraction of sp³-hybridized carbons (Fsp3) is 0.333. The normalized spacial score (nSPS) is 9.92. The summed E-state index contributed by atoms with van der Waals surface area (Å²) in [4.78, 5) is 11.1. The van der Waals surface area contributed by atoms with E-state index in [2.05, 4.69) is 42.1 Å². The molecule has 0 radical (unpaired) electrons. The third-order valence-corrected chi connectivity index (χ3v) is 3.01. The number of H-pyrrole nitrogens is 1. The van der Waals surface area contributed by atoms with Crippen LogP contribution < -0.4 is 0 Å². The Bertz CT molecular complexity index is 298. The lowest BCUT2D eigenvalue weighted by Crippen LogP contribution is -2.05. The van der Waals surface area contributed by atoms with Crippen molar-refractivity contribution in [3.05, 3.63) is 14.8 Å². The number of aromatic nitrogens is 2. The van der Waals surface area contributed by atoms with Crippen LogP contribution in [0.15, 0.2) is 9.08 Å². The lowest BCUT2D eigenvalue weighted by molar-refractivity contribution is 0.0518. The highest BCUT2D eigenvalue weighted by atomic mass is 79.9. The Morgan fingerprint density at radius 1 is 1.67 bits per heavy atom. The van der Waals surface area contributed by atoms with Gasteiger partial charge in [-0.2, -0.15) is 5.10 Å². The molecule has 0 saturated heterocycles. The average molecular weight is 298 g/mol. The molecule has 1 aromatic heterocycles. The van der Waals surface area contributed by atoms with Crippen LogP contribution in [0.25, 0.3) is 0 Å². The van der Waals surface area contributed by atoms with Crippen molar-refractivity contribution in [3.8, 4) is 0 Å². The summed E-state index contributed by atoms with van der Waals surface area (Å²) < 4.78 is 5.96.